The Morgan fingerprint density at radius 1 is 1.22 bits per heavy atom. The van der Waals surface area contributed by atoms with Gasteiger partial charge < -0.3 is 5.32 Å². The van der Waals surface area contributed by atoms with Crippen LogP contribution >= 0.6 is 34.7 Å². The molecular weight excluding hydrogens is 400 g/mol. The summed E-state index contributed by atoms with van der Waals surface area (Å²) in [4.78, 5) is 25.9. The van der Waals surface area contributed by atoms with E-state index >= 15 is 0 Å². The largest absolute Gasteiger partial charge is 0.325 e. The van der Waals surface area contributed by atoms with E-state index in [-0.39, 0.29) is 22.1 Å². The van der Waals surface area contributed by atoms with Crippen LogP contribution in [-0.2, 0) is 4.79 Å². The zero-order valence-electron chi connectivity index (χ0n) is 15.4. The van der Waals surface area contributed by atoms with Gasteiger partial charge in [-0.15, -0.1) is 11.8 Å². The number of anilines is 1. The predicted octanol–water partition coefficient (Wildman–Crippen LogP) is 5.81. The molecule has 0 aliphatic carbocycles. The van der Waals surface area contributed by atoms with Crippen LogP contribution in [0.3, 0.4) is 0 Å². The number of rotatable bonds is 6. The number of hydrogen-bond acceptors (Lipinski definition) is 4. The lowest BCUT2D eigenvalue weighted by Gasteiger charge is -2.15. The predicted molar refractivity (Wildman–Crippen MR) is 116 cm³/mol. The molecule has 4 nitrogen and oxygen atoms in total. The molecule has 7 heteroatoms. The molecule has 0 saturated heterocycles. The Bertz CT molecular complexity index is 1010. The number of amides is 1. The SMILES string of the molecule is CC[C@H](Sc1ccc(Cl)cc1)C(=O)Nc1ccc2c(c1)sc(=O)n2C(C)C. The molecule has 1 aromatic heterocycles. The summed E-state index contributed by atoms with van der Waals surface area (Å²) in [5.41, 5.74) is 1.61. The van der Waals surface area contributed by atoms with Gasteiger partial charge in [0.15, 0.2) is 0 Å². The molecular formula is C20H21ClN2O2S2. The minimum Gasteiger partial charge on any atom is -0.325 e. The summed E-state index contributed by atoms with van der Waals surface area (Å²) in [6.07, 6.45) is 0.707. The average molecular weight is 421 g/mol. The van der Waals surface area contributed by atoms with Crippen LogP contribution in [0.4, 0.5) is 5.69 Å². The van der Waals surface area contributed by atoms with Gasteiger partial charge in [0.05, 0.1) is 15.5 Å². The van der Waals surface area contributed by atoms with Crippen LogP contribution in [0.5, 0.6) is 0 Å². The molecule has 27 heavy (non-hydrogen) atoms. The maximum atomic E-state index is 12.7. The highest BCUT2D eigenvalue weighted by Gasteiger charge is 2.19. The molecule has 142 valence electrons. The monoisotopic (exact) mass is 420 g/mol. The second-order valence-corrected chi connectivity index (χ2v) is 9.18. The smallest absolute Gasteiger partial charge is 0.308 e. The molecule has 0 bridgehead atoms. The highest BCUT2D eigenvalue weighted by Crippen LogP contribution is 2.29. The van der Waals surface area contributed by atoms with Crippen molar-refractivity contribution in [2.24, 2.45) is 0 Å². The first-order valence-corrected chi connectivity index (χ1v) is 10.8. The second-order valence-electron chi connectivity index (χ2n) is 6.47. The van der Waals surface area contributed by atoms with Gasteiger partial charge in [0, 0.05) is 21.6 Å². The van der Waals surface area contributed by atoms with Gasteiger partial charge >= 0.3 is 4.87 Å². The number of nitrogens with zero attached hydrogens (tertiary/aromatic N) is 1. The van der Waals surface area contributed by atoms with Crippen molar-refractivity contribution >= 4 is 56.5 Å². The first kappa shape index (κ1) is 20.0. The van der Waals surface area contributed by atoms with Gasteiger partial charge in [0.1, 0.15) is 0 Å². The molecule has 0 radical (unpaired) electrons. The highest BCUT2D eigenvalue weighted by molar-refractivity contribution is 8.00. The normalized spacial score (nSPS) is 12.5. The van der Waals surface area contributed by atoms with Crippen molar-refractivity contribution in [1.82, 2.24) is 4.57 Å². The number of thiazole rings is 1. The average Bonchev–Trinajstić information content (AvgIpc) is 2.96. The number of thioether (sulfide) groups is 1. The van der Waals surface area contributed by atoms with E-state index in [1.54, 1.807) is 4.57 Å². The van der Waals surface area contributed by atoms with Crippen LogP contribution < -0.4 is 10.2 Å². The van der Waals surface area contributed by atoms with E-state index in [1.165, 1.54) is 23.1 Å². The second kappa shape index (κ2) is 8.50. The fourth-order valence-corrected chi connectivity index (χ4v) is 4.96. The van der Waals surface area contributed by atoms with Crippen molar-refractivity contribution in [2.45, 2.75) is 43.4 Å². The van der Waals surface area contributed by atoms with Gasteiger partial charge in [-0.1, -0.05) is 29.9 Å². The molecule has 1 heterocycles. The zero-order valence-corrected chi connectivity index (χ0v) is 17.8. The summed E-state index contributed by atoms with van der Waals surface area (Å²) in [7, 11) is 0. The van der Waals surface area contributed by atoms with Crippen LogP contribution in [0.1, 0.15) is 33.2 Å². The lowest BCUT2D eigenvalue weighted by atomic mass is 10.2. The molecule has 1 atom stereocenters. The van der Waals surface area contributed by atoms with Crippen LogP contribution in [0.25, 0.3) is 10.2 Å². The van der Waals surface area contributed by atoms with Gasteiger partial charge in [-0.05, 0) is 62.7 Å². The molecule has 0 saturated carbocycles. The molecule has 2 aromatic carbocycles. The fraction of sp³-hybridized carbons (Fsp3) is 0.300. The Morgan fingerprint density at radius 3 is 2.56 bits per heavy atom. The number of nitrogens with one attached hydrogen (secondary N) is 1. The maximum Gasteiger partial charge on any atom is 0.308 e. The number of carbonyl (C=O) groups excluding carboxylic acids is 1. The number of benzene rings is 2. The molecule has 3 aromatic rings. The summed E-state index contributed by atoms with van der Waals surface area (Å²) in [5, 5.41) is 3.45. The van der Waals surface area contributed by atoms with Gasteiger partial charge in [-0.3, -0.25) is 14.2 Å². The van der Waals surface area contributed by atoms with Crippen molar-refractivity contribution in [2.75, 3.05) is 5.32 Å². The number of halogens is 1. The Balaban J connectivity index is 1.77. The zero-order chi connectivity index (χ0) is 19.6. The molecule has 0 fully saturated rings. The van der Waals surface area contributed by atoms with E-state index < -0.39 is 0 Å². The van der Waals surface area contributed by atoms with Gasteiger partial charge in [-0.2, -0.15) is 0 Å². The first-order chi connectivity index (χ1) is 12.9. The maximum absolute atomic E-state index is 12.7. The highest BCUT2D eigenvalue weighted by atomic mass is 35.5. The number of aromatic nitrogens is 1. The lowest BCUT2D eigenvalue weighted by molar-refractivity contribution is -0.115. The van der Waals surface area contributed by atoms with Crippen LogP contribution in [0.2, 0.25) is 5.02 Å². The summed E-state index contributed by atoms with van der Waals surface area (Å²) in [6.45, 7) is 5.97. The topological polar surface area (TPSA) is 51.1 Å². The molecule has 0 spiro atoms. The minimum absolute atomic E-state index is 0.0215. The minimum atomic E-state index is -0.208. The molecule has 0 unspecified atom stereocenters. The van der Waals surface area contributed by atoms with Crippen LogP contribution in [0.15, 0.2) is 52.2 Å². The summed E-state index contributed by atoms with van der Waals surface area (Å²) in [5.74, 6) is -0.0487. The van der Waals surface area contributed by atoms with E-state index in [9.17, 15) is 9.59 Å². The third kappa shape index (κ3) is 4.57. The van der Waals surface area contributed by atoms with Crippen molar-refractivity contribution < 1.29 is 4.79 Å². The van der Waals surface area contributed by atoms with Crippen molar-refractivity contribution in [1.29, 1.82) is 0 Å². The first-order valence-electron chi connectivity index (χ1n) is 8.77. The van der Waals surface area contributed by atoms with Crippen LogP contribution in [-0.4, -0.2) is 15.7 Å². The quantitative estimate of drug-likeness (QED) is 0.512. The lowest BCUT2D eigenvalue weighted by Crippen LogP contribution is -2.24. The van der Waals surface area contributed by atoms with Crippen molar-refractivity contribution in [3.63, 3.8) is 0 Å². The van der Waals surface area contributed by atoms with E-state index in [0.717, 1.165) is 15.1 Å². The summed E-state index contributed by atoms with van der Waals surface area (Å²) >= 11 is 8.64. The van der Waals surface area contributed by atoms with E-state index in [4.69, 9.17) is 11.6 Å². The number of hydrogen-bond donors (Lipinski definition) is 1. The van der Waals surface area contributed by atoms with E-state index in [1.807, 2.05) is 63.2 Å². The fourth-order valence-electron chi connectivity index (χ4n) is 2.83. The van der Waals surface area contributed by atoms with Crippen LogP contribution in [0, 0.1) is 0 Å². The Labute approximate surface area is 171 Å². The van der Waals surface area contributed by atoms with E-state index in [0.29, 0.717) is 17.1 Å². The standard InChI is InChI=1S/C20H21ClN2O2S2/c1-4-17(26-15-8-5-13(21)6-9-15)19(24)22-14-7-10-16-18(11-14)27-20(25)23(16)12(2)3/h5-12,17H,4H2,1-3H3,(H,22,24)/t17-/m0/s1. The van der Waals surface area contributed by atoms with Gasteiger partial charge in [0.25, 0.3) is 0 Å². The van der Waals surface area contributed by atoms with E-state index in [2.05, 4.69) is 5.32 Å². The van der Waals surface area contributed by atoms with Crippen molar-refractivity contribution in [3.05, 3.63) is 57.2 Å². The Hall–Kier alpha value is -1.76. The van der Waals surface area contributed by atoms with Gasteiger partial charge in [0.2, 0.25) is 5.91 Å². The molecule has 0 aliphatic rings. The summed E-state index contributed by atoms with van der Waals surface area (Å²) in [6, 6.07) is 13.2. The third-order valence-corrected chi connectivity index (χ3v) is 6.70. The summed E-state index contributed by atoms with van der Waals surface area (Å²) < 4.78 is 2.65. The molecule has 1 N–H and O–H groups in total. The molecule has 1 amide bonds. The number of fused-ring (bicyclic) bond motifs is 1. The Morgan fingerprint density at radius 2 is 1.93 bits per heavy atom. The Kier molecular flexibility index (Phi) is 6.29. The number of carbonyl (C=O) groups is 1. The third-order valence-electron chi connectivity index (χ3n) is 4.15. The van der Waals surface area contributed by atoms with Gasteiger partial charge in [-0.25, -0.2) is 0 Å². The molecule has 0 aliphatic heterocycles. The van der Waals surface area contributed by atoms with Crippen molar-refractivity contribution in [3.8, 4) is 0 Å². The molecule has 3 rings (SSSR count).